The zero-order valence-corrected chi connectivity index (χ0v) is 13.9. The minimum atomic E-state index is 0.850. The van der Waals surface area contributed by atoms with Gasteiger partial charge < -0.3 is 9.88 Å². The molecule has 3 rings (SSSR count). The van der Waals surface area contributed by atoms with Crippen molar-refractivity contribution in [1.82, 2.24) is 9.88 Å². The summed E-state index contributed by atoms with van der Waals surface area (Å²) in [5.41, 5.74) is 1.26. The van der Waals surface area contributed by atoms with Gasteiger partial charge in [0, 0.05) is 40.7 Å². The Bertz CT molecular complexity index is 720. The summed E-state index contributed by atoms with van der Waals surface area (Å²) >= 11 is 11.1. The third kappa shape index (κ3) is 3.26. The van der Waals surface area contributed by atoms with E-state index in [-0.39, 0.29) is 0 Å². The molecule has 0 fully saturated rings. The number of halogens is 2. The minimum absolute atomic E-state index is 0.850. The second-order valence-corrected chi connectivity index (χ2v) is 7.31. The first-order chi connectivity index (χ1) is 9.72. The van der Waals surface area contributed by atoms with E-state index in [0.717, 1.165) is 28.4 Å². The van der Waals surface area contributed by atoms with Crippen LogP contribution in [0.4, 0.5) is 0 Å². The Morgan fingerprint density at radius 3 is 2.90 bits per heavy atom. The summed E-state index contributed by atoms with van der Waals surface area (Å²) in [6.07, 6.45) is 2.14. The summed E-state index contributed by atoms with van der Waals surface area (Å²) in [7, 11) is 0. The molecule has 0 aliphatic heterocycles. The molecular formula is C15H14BrClN2S. The first-order valence-electron chi connectivity index (χ1n) is 6.42. The fourth-order valence-corrected chi connectivity index (χ4v) is 3.62. The van der Waals surface area contributed by atoms with Crippen LogP contribution in [0, 0.1) is 0 Å². The number of benzene rings is 1. The third-order valence-electron chi connectivity index (χ3n) is 3.19. The molecule has 1 aromatic carbocycles. The molecule has 0 amide bonds. The van der Waals surface area contributed by atoms with Gasteiger partial charge in [-0.25, -0.2) is 0 Å². The number of fused-ring (bicyclic) bond motifs is 1. The maximum Gasteiger partial charge on any atom is 0.0931 e. The molecule has 0 saturated heterocycles. The molecule has 0 atom stereocenters. The molecule has 0 radical (unpaired) electrons. The summed E-state index contributed by atoms with van der Waals surface area (Å²) in [6, 6.07) is 12.5. The first-order valence-corrected chi connectivity index (χ1v) is 8.40. The zero-order chi connectivity index (χ0) is 13.9. The molecule has 104 valence electrons. The van der Waals surface area contributed by atoms with Crippen molar-refractivity contribution in [3.63, 3.8) is 0 Å². The van der Waals surface area contributed by atoms with Gasteiger partial charge in [-0.1, -0.05) is 33.6 Å². The Morgan fingerprint density at radius 2 is 2.10 bits per heavy atom. The second-order valence-electron chi connectivity index (χ2n) is 4.59. The lowest BCUT2D eigenvalue weighted by Gasteiger charge is -2.07. The Labute approximate surface area is 135 Å². The standard InChI is InChI=1S/C15H14BrClN2S/c16-12-2-1-11-5-7-19(14(11)9-12)8-6-18-10-13-3-4-15(17)20-13/h1-5,7,9,18H,6,8,10H2. The highest BCUT2D eigenvalue weighted by Crippen LogP contribution is 2.22. The molecule has 0 unspecified atom stereocenters. The predicted molar refractivity (Wildman–Crippen MR) is 90.7 cm³/mol. The van der Waals surface area contributed by atoms with Crippen molar-refractivity contribution >= 4 is 49.8 Å². The quantitative estimate of drug-likeness (QED) is 0.632. The van der Waals surface area contributed by atoms with Crippen LogP contribution in [-0.4, -0.2) is 11.1 Å². The maximum atomic E-state index is 5.92. The summed E-state index contributed by atoms with van der Waals surface area (Å²) in [5.74, 6) is 0. The van der Waals surface area contributed by atoms with Crippen LogP contribution in [0.2, 0.25) is 4.34 Å². The highest BCUT2D eigenvalue weighted by molar-refractivity contribution is 9.10. The lowest BCUT2D eigenvalue weighted by atomic mass is 10.2. The van der Waals surface area contributed by atoms with E-state index in [2.05, 4.69) is 62.3 Å². The number of hydrogen-bond acceptors (Lipinski definition) is 2. The maximum absolute atomic E-state index is 5.92. The van der Waals surface area contributed by atoms with Gasteiger partial charge in [0.25, 0.3) is 0 Å². The van der Waals surface area contributed by atoms with E-state index < -0.39 is 0 Å². The van der Waals surface area contributed by atoms with E-state index in [9.17, 15) is 0 Å². The smallest absolute Gasteiger partial charge is 0.0931 e. The van der Waals surface area contributed by atoms with Crippen LogP contribution in [0.5, 0.6) is 0 Å². The predicted octanol–water partition coefficient (Wildman–Crippen LogP) is 4.91. The molecule has 0 saturated carbocycles. The Morgan fingerprint density at radius 1 is 1.20 bits per heavy atom. The molecule has 0 aliphatic rings. The van der Waals surface area contributed by atoms with Crippen molar-refractivity contribution in [2.45, 2.75) is 13.1 Å². The third-order valence-corrected chi connectivity index (χ3v) is 4.92. The Balaban J connectivity index is 1.58. The molecule has 2 aromatic heterocycles. The average molecular weight is 370 g/mol. The van der Waals surface area contributed by atoms with Gasteiger partial charge in [-0.05, 0) is 35.7 Å². The van der Waals surface area contributed by atoms with E-state index in [1.165, 1.54) is 15.8 Å². The summed E-state index contributed by atoms with van der Waals surface area (Å²) in [4.78, 5) is 1.27. The summed E-state index contributed by atoms with van der Waals surface area (Å²) < 4.78 is 4.24. The van der Waals surface area contributed by atoms with E-state index in [1.54, 1.807) is 11.3 Å². The topological polar surface area (TPSA) is 17.0 Å². The van der Waals surface area contributed by atoms with Gasteiger partial charge in [-0.2, -0.15) is 0 Å². The van der Waals surface area contributed by atoms with E-state index in [4.69, 9.17) is 11.6 Å². The molecule has 0 spiro atoms. The second kappa shape index (κ2) is 6.31. The highest BCUT2D eigenvalue weighted by atomic mass is 79.9. The average Bonchev–Trinajstić information content (AvgIpc) is 3.01. The van der Waals surface area contributed by atoms with Crippen molar-refractivity contribution in [3.8, 4) is 0 Å². The molecule has 20 heavy (non-hydrogen) atoms. The first kappa shape index (κ1) is 14.1. The Kier molecular flexibility index (Phi) is 4.46. The Hall–Kier alpha value is -0.810. The minimum Gasteiger partial charge on any atom is -0.346 e. The van der Waals surface area contributed by atoms with Crippen LogP contribution < -0.4 is 5.32 Å². The molecule has 0 aliphatic carbocycles. The molecule has 2 nitrogen and oxygen atoms in total. The van der Waals surface area contributed by atoms with Crippen molar-refractivity contribution in [3.05, 3.63) is 56.3 Å². The largest absolute Gasteiger partial charge is 0.346 e. The van der Waals surface area contributed by atoms with Gasteiger partial charge >= 0.3 is 0 Å². The molecule has 3 aromatic rings. The number of thiophene rings is 1. The van der Waals surface area contributed by atoms with Crippen LogP contribution in [0.15, 0.2) is 47.1 Å². The van der Waals surface area contributed by atoms with Crippen LogP contribution in [-0.2, 0) is 13.1 Å². The van der Waals surface area contributed by atoms with Gasteiger partial charge in [0.1, 0.15) is 0 Å². The van der Waals surface area contributed by atoms with Crippen LogP contribution >= 0.6 is 38.9 Å². The van der Waals surface area contributed by atoms with Crippen LogP contribution in [0.1, 0.15) is 4.88 Å². The normalized spacial score (nSPS) is 11.3. The monoisotopic (exact) mass is 368 g/mol. The molecule has 2 heterocycles. The molecule has 1 N–H and O–H groups in total. The van der Waals surface area contributed by atoms with Gasteiger partial charge in [-0.15, -0.1) is 11.3 Å². The molecule has 5 heteroatoms. The van der Waals surface area contributed by atoms with Gasteiger partial charge in [-0.3, -0.25) is 0 Å². The van der Waals surface area contributed by atoms with Crippen molar-refractivity contribution < 1.29 is 0 Å². The van der Waals surface area contributed by atoms with Crippen LogP contribution in [0.25, 0.3) is 10.9 Å². The highest BCUT2D eigenvalue weighted by Gasteiger charge is 2.02. The summed E-state index contributed by atoms with van der Waals surface area (Å²) in [5, 5.41) is 4.73. The fraction of sp³-hybridized carbons (Fsp3) is 0.200. The summed E-state index contributed by atoms with van der Waals surface area (Å²) in [6.45, 7) is 2.77. The SMILES string of the molecule is Clc1ccc(CNCCn2ccc3ccc(Br)cc32)s1. The van der Waals surface area contributed by atoms with Gasteiger partial charge in [0.15, 0.2) is 0 Å². The number of hydrogen-bond donors (Lipinski definition) is 1. The van der Waals surface area contributed by atoms with E-state index in [0.29, 0.717) is 0 Å². The van der Waals surface area contributed by atoms with Crippen LogP contribution in [0.3, 0.4) is 0 Å². The van der Waals surface area contributed by atoms with Crippen molar-refractivity contribution in [2.75, 3.05) is 6.54 Å². The number of nitrogens with one attached hydrogen (secondary N) is 1. The van der Waals surface area contributed by atoms with Gasteiger partial charge in [0.2, 0.25) is 0 Å². The fourth-order valence-electron chi connectivity index (χ4n) is 2.21. The van der Waals surface area contributed by atoms with E-state index >= 15 is 0 Å². The zero-order valence-electron chi connectivity index (χ0n) is 10.8. The van der Waals surface area contributed by atoms with E-state index in [1.807, 2.05) is 6.07 Å². The molecular weight excluding hydrogens is 356 g/mol. The number of aromatic nitrogens is 1. The molecule has 0 bridgehead atoms. The number of nitrogens with zero attached hydrogens (tertiary/aromatic N) is 1. The van der Waals surface area contributed by atoms with Gasteiger partial charge in [0.05, 0.1) is 4.34 Å². The van der Waals surface area contributed by atoms with Crippen molar-refractivity contribution in [2.24, 2.45) is 0 Å². The lowest BCUT2D eigenvalue weighted by molar-refractivity contribution is 0.613. The number of rotatable bonds is 5. The van der Waals surface area contributed by atoms with Crippen molar-refractivity contribution in [1.29, 1.82) is 0 Å². The lowest BCUT2D eigenvalue weighted by Crippen LogP contribution is -2.18.